The van der Waals surface area contributed by atoms with E-state index >= 15 is 0 Å². The highest BCUT2D eigenvalue weighted by atomic mass is 16.2. The third kappa shape index (κ3) is 3.52. The van der Waals surface area contributed by atoms with E-state index in [1.165, 1.54) is 0 Å². The van der Waals surface area contributed by atoms with Gasteiger partial charge in [-0.1, -0.05) is 24.3 Å². The third-order valence-electron chi connectivity index (χ3n) is 3.29. The lowest BCUT2D eigenvalue weighted by Crippen LogP contribution is -2.36. The van der Waals surface area contributed by atoms with Gasteiger partial charge in [0.25, 0.3) is 5.91 Å². The molecule has 23 heavy (non-hydrogen) atoms. The van der Waals surface area contributed by atoms with Crippen molar-refractivity contribution in [1.82, 2.24) is 25.8 Å². The molecule has 2 amide bonds. The Balaban J connectivity index is 1.53. The number of nitrogens with one attached hydrogen (secondary N) is 3. The van der Waals surface area contributed by atoms with Gasteiger partial charge in [-0.25, -0.2) is 0 Å². The molecule has 0 bridgehead atoms. The quantitative estimate of drug-likeness (QED) is 0.654. The van der Waals surface area contributed by atoms with Gasteiger partial charge in [-0.15, -0.1) is 0 Å². The molecule has 116 valence electrons. The van der Waals surface area contributed by atoms with Crippen LogP contribution in [0.1, 0.15) is 16.2 Å². The van der Waals surface area contributed by atoms with E-state index in [1.54, 1.807) is 18.3 Å². The van der Waals surface area contributed by atoms with Crippen LogP contribution < -0.4 is 10.6 Å². The Morgan fingerprint density at radius 2 is 1.87 bits per heavy atom. The van der Waals surface area contributed by atoms with E-state index in [0.717, 1.165) is 16.6 Å². The Morgan fingerprint density at radius 3 is 2.70 bits per heavy atom. The van der Waals surface area contributed by atoms with Crippen LogP contribution in [-0.2, 0) is 11.3 Å². The van der Waals surface area contributed by atoms with Gasteiger partial charge in [-0.2, -0.15) is 5.10 Å². The maximum Gasteiger partial charge on any atom is 0.272 e. The SMILES string of the molecule is O=C(CNC(=O)c1n[nH]c2ccccc12)NCc1ccccn1. The van der Waals surface area contributed by atoms with Crippen LogP contribution in [0.15, 0.2) is 48.7 Å². The first-order valence-electron chi connectivity index (χ1n) is 7.12. The number of carbonyl (C=O) groups is 2. The van der Waals surface area contributed by atoms with Gasteiger partial charge in [0.05, 0.1) is 24.3 Å². The van der Waals surface area contributed by atoms with Gasteiger partial charge in [0.1, 0.15) is 0 Å². The zero-order valence-corrected chi connectivity index (χ0v) is 12.2. The normalized spacial score (nSPS) is 10.4. The van der Waals surface area contributed by atoms with Gasteiger partial charge >= 0.3 is 0 Å². The molecule has 0 aliphatic carbocycles. The van der Waals surface area contributed by atoms with E-state index in [4.69, 9.17) is 0 Å². The Kier molecular flexibility index (Phi) is 4.28. The largest absolute Gasteiger partial charge is 0.349 e. The van der Waals surface area contributed by atoms with Crippen molar-refractivity contribution in [2.45, 2.75) is 6.54 Å². The number of nitrogens with zero attached hydrogens (tertiary/aromatic N) is 2. The van der Waals surface area contributed by atoms with Crippen LogP contribution in [0.4, 0.5) is 0 Å². The standard InChI is InChI=1S/C16H15N5O2/c22-14(18-9-11-5-3-4-8-17-11)10-19-16(23)15-12-6-1-2-7-13(12)20-21-15/h1-8H,9-10H2,(H,18,22)(H,19,23)(H,20,21). The third-order valence-corrected chi connectivity index (χ3v) is 3.29. The van der Waals surface area contributed by atoms with Crippen LogP contribution in [0.25, 0.3) is 10.9 Å². The van der Waals surface area contributed by atoms with E-state index in [2.05, 4.69) is 25.8 Å². The summed E-state index contributed by atoms with van der Waals surface area (Å²) in [6.45, 7) is 0.202. The Bertz CT molecular complexity index is 829. The fourth-order valence-corrected chi connectivity index (χ4v) is 2.14. The van der Waals surface area contributed by atoms with Crippen LogP contribution in [0.2, 0.25) is 0 Å². The van der Waals surface area contributed by atoms with Gasteiger partial charge < -0.3 is 10.6 Å². The molecule has 0 radical (unpaired) electrons. The first kappa shape index (κ1) is 14.7. The minimum Gasteiger partial charge on any atom is -0.349 e. The summed E-state index contributed by atoms with van der Waals surface area (Å²) in [5.74, 6) is -0.681. The number of aromatic nitrogens is 3. The number of benzene rings is 1. The second kappa shape index (κ2) is 6.69. The van der Waals surface area contributed by atoms with Crippen LogP contribution >= 0.6 is 0 Å². The summed E-state index contributed by atoms with van der Waals surface area (Å²) in [7, 11) is 0. The number of rotatable bonds is 5. The summed E-state index contributed by atoms with van der Waals surface area (Å²) < 4.78 is 0. The molecule has 0 spiro atoms. The summed E-state index contributed by atoms with van der Waals surface area (Å²) in [6.07, 6.45) is 1.66. The van der Waals surface area contributed by atoms with Crippen molar-refractivity contribution in [2.24, 2.45) is 0 Å². The van der Waals surface area contributed by atoms with Gasteiger partial charge in [0.2, 0.25) is 5.91 Å². The minimum atomic E-state index is -0.393. The molecule has 0 fully saturated rings. The maximum atomic E-state index is 12.1. The smallest absolute Gasteiger partial charge is 0.272 e. The van der Waals surface area contributed by atoms with Gasteiger partial charge in [0, 0.05) is 11.6 Å². The number of para-hydroxylation sites is 1. The molecule has 0 saturated heterocycles. The summed E-state index contributed by atoms with van der Waals surface area (Å²) >= 11 is 0. The molecule has 0 saturated carbocycles. The van der Waals surface area contributed by atoms with E-state index in [1.807, 2.05) is 30.3 Å². The fourth-order valence-electron chi connectivity index (χ4n) is 2.14. The molecule has 2 aromatic heterocycles. The average Bonchev–Trinajstić information content (AvgIpc) is 3.03. The maximum absolute atomic E-state index is 12.1. The molecule has 2 heterocycles. The molecule has 1 aromatic carbocycles. The summed E-state index contributed by atoms with van der Waals surface area (Å²) in [4.78, 5) is 28.0. The Hall–Kier alpha value is -3.22. The molecule has 0 unspecified atom stereocenters. The number of H-pyrrole nitrogens is 1. The number of aromatic amines is 1. The van der Waals surface area contributed by atoms with Crippen molar-refractivity contribution >= 4 is 22.7 Å². The zero-order valence-electron chi connectivity index (χ0n) is 12.2. The second-order valence-corrected chi connectivity index (χ2v) is 4.90. The van der Waals surface area contributed by atoms with Crippen LogP contribution in [0.3, 0.4) is 0 Å². The lowest BCUT2D eigenvalue weighted by molar-refractivity contribution is -0.120. The Morgan fingerprint density at radius 1 is 1.04 bits per heavy atom. The molecule has 0 atom stereocenters. The number of hydrogen-bond donors (Lipinski definition) is 3. The lowest BCUT2D eigenvalue weighted by Gasteiger charge is -2.05. The molecule has 3 aromatic rings. The fraction of sp³-hybridized carbons (Fsp3) is 0.125. The highest BCUT2D eigenvalue weighted by Crippen LogP contribution is 2.14. The number of fused-ring (bicyclic) bond motifs is 1. The summed E-state index contributed by atoms with van der Waals surface area (Å²) in [6, 6.07) is 12.8. The average molecular weight is 309 g/mol. The molecule has 0 aliphatic heterocycles. The monoisotopic (exact) mass is 309 g/mol. The van der Waals surface area contributed by atoms with Crippen molar-refractivity contribution in [2.75, 3.05) is 6.54 Å². The highest BCUT2D eigenvalue weighted by Gasteiger charge is 2.14. The van der Waals surface area contributed by atoms with Crippen LogP contribution in [-0.4, -0.2) is 33.5 Å². The van der Waals surface area contributed by atoms with Gasteiger partial charge in [0.15, 0.2) is 5.69 Å². The molecule has 3 rings (SSSR count). The predicted molar refractivity (Wildman–Crippen MR) is 84.5 cm³/mol. The lowest BCUT2D eigenvalue weighted by atomic mass is 10.2. The number of hydrogen-bond acceptors (Lipinski definition) is 4. The van der Waals surface area contributed by atoms with E-state index < -0.39 is 5.91 Å². The minimum absolute atomic E-state index is 0.118. The van der Waals surface area contributed by atoms with Crippen molar-refractivity contribution in [1.29, 1.82) is 0 Å². The molecule has 7 heteroatoms. The van der Waals surface area contributed by atoms with Crippen molar-refractivity contribution in [3.8, 4) is 0 Å². The predicted octanol–water partition coefficient (Wildman–Crippen LogP) is 1.00. The number of amides is 2. The summed E-state index contributed by atoms with van der Waals surface area (Å²) in [5, 5.41) is 12.7. The van der Waals surface area contributed by atoms with E-state index in [0.29, 0.717) is 6.54 Å². The molecule has 7 nitrogen and oxygen atoms in total. The molecule has 0 aliphatic rings. The molecular formula is C16H15N5O2. The van der Waals surface area contributed by atoms with Crippen molar-refractivity contribution in [3.05, 3.63) is 60.0 Å². The van der Waals surface area contributed by atoms with E-state index in [-0.39, 0.29) is 18.1 Å². The highest BCUT2D eigenvalue weighted by molar-refractivity contribution is 6.05. The molecule has 3 N–H and O–H groups in total. The topological polar surface area (TPSA) is 99.8 Å². The summed E-state index contributed by atoms with van der Waals surface area (Å²) in [5.41, 5.74) is 1.81. The van der Waals surface area contributed by atoms with E-state index in [9.17, 15) is 9.59 Å². The van der Waals surface area contributed by atoms with Crippen LogP contribution in [0, 0.1) is 0 Å². The zero-order chi connectivity index (χ0) is 16.1. The first-order chi connectivity index (χ1) is 11.2. The van der Waals surface area contributed by atoms with Gasteiger partial charge in [-0.3, -0.25) is 19.7 Å². The van der Waals surface area contributed by atoms with Gasteiger partial charge in [-0.05, 0) is 18.2 Å². The Labute approximate surface area is 132 Å². The number of carbonyl (C=O) groups excluding carboxylic acids is 2. The van der Waals surface area contributed by atoms with Crippen molar-refractivity contribution in [3.63, 3.8) is 0 Å². The second-order valence-electron chi connectivity index (χ2n) is 4.90. The van der Waals surface area contributed by atoms with Crippen LogP contribution in [0.5, 0.6) is 0 Å². The van der Waals surface area contributed by atoms with Crippen molar-refractivity contribution < 1.29 is 9.59 Å². The first-order valence-corrected chi connectivity index (χ1v) is 7.12. The number of pyridine rings is 1. The molecular weight excluding hydrogens is 294 g/mol.